The lowest BCUT2D eigenvalue weighted by Gasteiger charge is -2.29. The number of carboxylic acids is 1. The minimum atomic E-state index is -1.30. The maximum absolute atomic E-state index is 13.7. The van der Waals surface area contributed by atoms with Crippen LogP contribution in [0, 0.1) is 11.8 Å². The zero-order valence-corrected chi connectivity index (χ0v) is 23.1. The molecule has 0 aliphatic carbocycles. The first-order valence-electron chi connectivity index (χ1n) is 13.7. The number of aliphatic hydroxyl groups excluding tert-OH is 1. The Labute approximate surface area is 236 Å². The fraction of sp³-hybridized carbons (Fsp3) is 0.400. The lowest BCUT2D eigenvalue weighted by atomic mass is 9.72. The van der Waals surface area contributed by atoms with Crippen molar-refractivity contribution in [1.29, 1.82) is 0 Å². The lowest BCUT2D eigenvalue weighted by molar-refractivity contribution is -0.135. The van der Waals surface area contributed by atoms with Gasteiger partial charge in [0.25, 0.3) is 0 Å². The Morgan fingerprint density at radius 2 is 1.85 bits per heavy atom. The lowest BCUT2D eigenvalue weighted by Crippen LogP contribution is -2.52. The van der Waals surface area contributed by atoms with Crippen molar-refractivity contribution < 1.29 is 33.8 Å². The molecule has 6 rings (SSSR count). The van der Waals surface area contributed by atoms with Crippen LogP contribution in [0.5, 0.6) is 5.75 Å². The van der Waals surface area contributed by atoms with Gasteiger partial charge in [-0.1, -0.05) is 58.0 Å². The highest BCUT2D eigenvalue weighted by molar-refractivity contribution is 5.91. The summed E-state index contributed by atoms with van der Waals surface area (Å²) in [7, 11) is 0. The number of carbonyl (C=O) groups excluding carboxylic acids is 2. The van der Waals surface area contributed by atoms with E-state index in [1.54, 1.807) is 26.0 Å². The number of fused-ring (bicyclic) bond motifs is 4. The van der Waals surface area contributed by atoms with Crippen LogP contribution in [0.1, 0.15) is 72.6 Å². The topological polar surface area (TPSA) is 163 Å². The van der Waals surface area contributed by atoms with Gasteiger partial charge in [0, 0.05) is 17.7 Å². The van der Waals surface area contributed by atoms with Crippen LogP contribution in [0.4, 0.5) is 5.69 Å². The van der Waals surface area contributed by atoms with Crippen molar-refractivity contribution in [2.45, 2.75) is 63.9 Å². The number of aromatic nitrogens is 1. The zero-order chi connectivity index (χ0) is 29.2. The smallest absolute Gasteiger partial charge is 0.358 e. The average molecular weight is 561 g/mol. The van der Waals surface area contributed by atoms with Crippen LogP contribution in [0.15, 0.2) is 46.9 Å². The minimum Gasteiger partial charge on any atom is -0.476 e. The quantitative estimate of drug-likeness (QED) is 0.316. The molecule has 214 valence electrons. The number of hydrogen-bond acceptors (Lipinski definition) is 8. The van der Waals surface area contributed by atoms with E-state index in [4.69, 9.17) is 9.15 Å². The number of nitrogens with one attached hydrogen (secondary N) is 3. The molecule has 11 heteroatoms. The van der Waals surface area contributed by atoms with E-state index >= 15 is 0 Å². The Morgan fingerprint density at radius 3 is 2.56 bits per heavy atom. The Hall–Kier alpha value is -4.38. The number of rotatable bonds is 5. The van der Waals surface area contributed by atoms with Gasteiger partial charge in [0.05, 0.1) is 0 Å². The molecule has 0 radical (unpaired) electrons. The molecule has 5 atom stereocenters. The fourth-order valence-electron chi connectivity index (χ4n) is 6.01. The third-order valence-electron chi connectivity index (χ3n) is 8.15. The molecule has 0 saturated heterocycles. The summed E-state index contributed by atoms with van der Waals surface area (Å²) in [5.41, 5.74) is 1.47. The van der Waals surface area contributed by atoms with Gasteiger partial charge in [0.2, 0.25) is 17.7 Å². The molecule has 4 bridgehead atoms. The molecule has 3 aromatic rings. The first-order chi connectivity index (χ1) is 19.5. The van der Waals surface area contributed by atoms with Gasteiger partial charge < -0.3 is 35.3 Å². The summed E-state index contributed by atoms with van der Waals surface area (Å²) in [6.07, 6.45) is -1.89. The zero-order valence-electron chi connectivity index (χ0n) is 23.1. The normalized spacial score (nSPS) is 24.8. The molecule has 0 fully saturated rings. The predicted octanol–water partition coefficient (Wildman–Crippen LogP) is 2.72. The Kier molecular flexibility index (Phi) is 6.29. The summed E-state index contributed by atoms with van der Waals surface area (Å²) in [5.74, 6) is -2.35. The van der Waals surface area contributed by atoms with Gasteiger partial charge in [-0.2, -0.15) is 0 Å². The van der Waals surface area contributed by atoms with E-state index in [-0.39, 0.29) is 35.6 Å². The van der Waals surface area contributed by atoms with Crippen LogP contribution >= 0.6 is 0 Å². The predicted molar refractivity (Wildman–Crippen MR) is 146 cm³/mol. The van der Waals surface area contributed by atoms with E-state index in [0.29, 0.717) is 16.9 Å². The number of carboxylic acid groups (broad SMARTS) is 1. The van der Waals surface area contributed by atoms with Gasteiger partial charge in [0.1, 0.15) is 29.4 Å². The van der Waals surface area contributed by atoms with E-state index < -0.39 is 47.6 Å². The van der Waals surface area contributed by atoms with Crippen LogP contribution < -0.4 is 20.7 Å². The van der Waals surface area contributed by atoms with Gasteiger partial charge in [-0.3, -0.25) is 9.59 Å². The molecular weight excluding hydrogens is 528 g/mol. The highest BCUT2D eigenvalue weighted by atomic mass is 16.5. The van der Waals surface area contributed by atoms with Crippen molar-refractivity contribution in [2.24, 2.45) is 11.8 Å². The number of carbonyl (C=O) groups is 3. The first-order valence-corrected chi connectivity index (χ1v) is 13.7. The minimum absolute atomic E-state index is 0.0377. The van der Waals surface area contributed by atoms with Crippen molar-refractivity contribution in [3.05, 3.63) is 76.5 Å². The van der Waals surface area contributed by atoms with Crippen molar-refractivity contribution in [1.82, 2.24) is 15.6 Å². The van der Waals surface area contributed by atoms with E-state index in [0.717, 1.165) is 11.3 Å². The molecule has 4 heterocycles. The number of nitrogens with zero attached hydrogens (tertiary/aromatic N) is 1. The van der Waals surface area contributed by atoms with Gasteiger partial charge in [0.15, 0.2) is 17.7 Å². The van der Waals surface area contributed by atoms with Crippen molar-refractivity contribution in [2.75, 3.05) is 5.32 Å². The molecule has 11 nitrogen and oxygen atoms in total. The maximum Gasteiger partial charge on any atom is 0.358 e. The molecule has 2 aromatic carbocycles. The van der Waals surface area contributed by atoms with Crippen LogP contribution in [-0.4, -0.2) is 51.4 Å². The second kappa shape index (κ2) is 9.62. The number of oxazole rings is 1. The van der Waals surface area contributed by atoms with Gasteiger partial charge in [-0.25, -0.2) is 9.78 Å². The van der Waals surface area contributed by atoms with Gasteiger partial charge in [-0.05, 0) is 35.1 Å². The maximum atomic E-state index is 13.7. The number of aliphatic hydroxyl groups is 1. The van der Waals surface area contributed by atoms with Gasteiger partial charge in [-0.15, -0.1) is 0 Å². The summed E-state index contributed by atoms with van der Waals surface area (Å²) in [5, 5.41) is 29.7. The second-order valence-corrected chi connectivity index (χ2v) is 11.5. The molecule has 2 amide bonds. The van der Waals surface area contributed by atoms with Crippen LogP contribution in [0.2, 0.25) is 0 Å². The highest BCUT2D eigenvalue weighted by Gasteiger charge is 2.61. The van der Waals surface area contributed by atoms with E-state index in [1.165, 1.54) is 0 Å². The molecule has 1 aromatic heterocycles. The number of ether oxygens (including phenoxy) is 1. The number of amides is 2. The SMILES string of the molecule is CC(C)[C@H](O)C(=O)NC1Cc2ccc3c(c2)C2(c4ccccc4NC2O3)c2oc(nc2C(=O)O)[C@H](C(C)C)NC1=O. The summed E-state index contributed by atoms with van der Waals surface area (Å²) in [6, 6.07) is 11.2. The summed E-state index contributed by atoms with van der Waals surface area (Å²) < 4.78 is 12.8. The Balaban J connectivity index is 1.59. The molecular formula is C30H32N4O7. The van der Waals surface area contributed by atoms with E-state index in [9.17, 15) is 24.6 Å². The number of hydrogen-bond donors (Lipinski definition) is 5. The van der Waals surface area contributed by atoms with Gasteiger partial charge >= 0.3 is 5.97 Å². The summed E-state index contributed by atoms with van der Waals surface area (Å²) in [4.78, 5) is 43.6. The van der Waals surface area contributed by atoms with Crippen LogP contribution in [0.25, 0.3) is 0 Å². The summed E-state index contributed by atoms with van der Waals surface area (Å²) in [6.45, 7) is 7.13. The van der Waals surface area contributed by atoms with Crippen molar-refractivity contribution in [3.63, 3.8) is 0 Å². The third-order valence-corrected chi connectivity index (χ3v) is 8.15. The average Bonchev–Trinajstić information content (AvgIpc) is 3.59. The van der Waals surface area contributed by atoms with E-state index in [1.807, 2.05) is 44.2 Å². The number of anilines is 1. The number of para-hydroxylation sites is 1. The number of benzene rings is 2. The number of aromatic carboxylic acids is 1. The first kappa shape index (κ1) is 26.8. The fourth-order valence-corrected chi connectivity index (χ4v) is 6.01. The van der Waals surface area contributed by atoms with Crippen molar-refractivity contribution in [3.8, 4) is 5.75 Å². The molecule has 41 heavy (non-hydrogen) atoms. The molecule has 0 saturated carbocycles. The largest absolute Gasteiger partial charge is 0.476 e. The molecule has 5 N–H and O–H groups in total. The van der Waals surface area contributed by atoms with Crippen LogP contribution in [0.3, 0.4) is 0 Å². The molecule has 3 unspecified atom stereocenters. The monoisotopic (exact) mass is 560 g/mol. The van der Waals surface area contributed by atoms with E-state index in [2.05, 4.69) is 20.9 Å². The summed E-state index contributed by atoms with van der Waals surface area (Å²) >= 11 is 0. The standard InChI is InChI=1S/C30H32N4O7/c1-13(2)21-27-34-22(28(38)39)24(41-27)30-16-7-5-6-8-18(16)32-29(30)40-20-10-9-15(11-17(20)30)12-19(25(36)33-21)31-26(37)23(35)14(3)4/h5-11,13-14,19,21,23,29,32,35H,12H2,1-4H3,(H,31,37)(H,33,36)(H,38,39)/t19?,21-,23-,29?,30?/m0/s1. The molecule has 3 aliphatic heterocycles. The second-order valence-electron chi connectivity index (χ2n) is 11.5. The highest BCUT2D eigenvalue weighted by Crippen LogP contribution is 2.58. The Morgan fingerprint density at radius 1 is 1.10 bits per heavy atom. The molecule has 1 spiro atoms. The third kappa shape index (κ3) is 4.06. The Bertz CT molecular complexity index is 1560. The molecule has 3 aliphatic rings. The van der Waals surface area contributed by atoms with Crippen LogP contribution in [-0.2, 0) is 21.4 Å². The van der Waals surface area contributed by atoms with Crippen molar-refractivity contribution >= 4 is 23.5 Å².